The summed E-state index contributed by atoms with van der Waals surface area (Å²) in [4.78, 5) is 2.15. The van der Waals surface area contributed by atoms with Gasteiger partial charge in [-0.15, -0.1) is 0 Å². The quantitative estimate of drug-likeness (QED) is 0.603. The van der Waals surface area contributed by atoms with E-state index < -0.39 is 0 Å². The number of anilines is 1. The largest absolute Gasteiger partial charge is 0.366 e. The molecule has 16 heavy (non-hydrogen) atoms. The van der Waals surface area contributed by atoms with Crippen LogP contribution in [0.3, 0.4) is 0 Å². The number of para-hydroxylation sites is 1. The Labute approximate surface area is 103 Å². The molecule has 0 spiro atoms. The standard InChI is InChI=1S/C13H16N2S/c1-12(11-16)10-15(9-5-8-14)13-6-3-2-4-7-13/h2-4,6-7,16H,1,5,9-11H2. The molecule has 0 radical (unpaired) electrons. The summed E-state index contributed by atoms with van der Waals surface area (Å²) in [5.74, 6) is 0.676. The molecule has 0 aliphatic heterocycles. The van der Waals surface area contributed by atoms with Crippen LogP contribution in [-0.4, -0.2) is 18.8 Å². The number of benzene rings is 1. The number of nitrogens with zero attached hydrogens (tertiary/aromatic N) is 2. The van der Waals surface area contributed by atoms with Crippen LogP contribution in [0.2, 0.25) is 0 Å². The topological polar surface area (TPSA) is 27.0 Å². The minimum Gasteiger partial charge on any atom is -0.366 e. The maximum Gasteiger partial charge on any atom is 0.0640 e. The average molecular weight is 232 g/mol. The Morgan fingerprint density at radius 1 is 1.38 bits per heavy atom. The van der Waals surface area contributed by atoms with Gasteiger partial charge in [0.2, 0.25) is 0 Å². The van der Waals surface area contributed by atoms with Crippen molar-refractivity contribution < 1.29 is 0 Å². The van der Waals surface area contributed by atoms with Crippen molar-refractivity contribution in [1.82, 2.24) is 0 Å². The lowest BCUT2D eigenvalue weighted by Crippen LogP contribution is -2.26. The molecule has 0 heterocycles. The first-order valence-corrected chi connectivity index (χ1v) is 5.85. The van der Waals surface area contributed by atoms with Crippen molar-refractivity contribution in [2.45, 2.75) is 6.42 Å². The molecule has 0 saturated carbocycles. The molecule has 2 nitrogen and oxygen atoms in total. The van der Waals surface area contributed by atoms with E-state index >= 15 is 0 Å². The van der Waals surface area contributed by atoms with Crippen LogP contribution < -0.4 is 4.90 Å². The molecule has 84 valence electrons. The maximum absolute atomic E-state index is 8.64. The molecule has 0 N–H and O–H groups in total. The number of hydrogen-bond acceptors (Lipinski definition) is 3. The highest BCUT2D eigenvalue weighted by molar-refractivity contribution is 7.80. The van der Waals surface area contributed by atoms with Gasteiger partial charge in [0.1, 0.15) is 0 Å². The van der Waals surface area contributed by atoms with Crippen molar-refractivity contribution in [2.75, 3.05) is 23.7 Å². The lowest BCUT2D eigenvalue weighted by Gasteiger charge is -2.24. The van der Waals surface area contributed by atoms with E-state index in [1.807, 2.05) is 30.3 Å². The highest BCUT2D eigenvalue weighted by Crippen LogP contribution is 2.15. The van der Waals surface area contributed by atoms with E-state index in [4.69, 9.17) is 5.26 Å². The Morgan fingerprint density at radius 3 is 2.62 bits per heavy atom. The number of thiol groups is 1. The molecule has 3 heteroatoms. The van der Waals surface area contributed by atoms with Gasteiger partial charge in [-0.05, 0) is 17.7 Å². The fourth-order valence-corrected chi connectivity index (χ4v) is 1.54. The Kier molecular flexibility index (Phi) is 5.52. The SMILES string of the molecule is C=C(CS)CN(CCC#N)c1ccccc1. The van der Waals surface area contributed by atoms with Crippen LogP contribution in [0.4, 0.5) is 5.69 Å². The van der Waals surface area contributed by atoms with Gasteiger partial charge in [-0.25, -0.2) is 0 Å². The second-order valence-electron chi connectivity index (χ2n) is 3.57. The second-order valence-corrected chi connectivity index (χ2v) is 3.89. The smallest absolute Gasteiger partial charge is 0.0640 e. The first kappa shape index (κ1) is 12.7. The number of nitriles is 1. The van der Waals surface area contributed by atoms with E-state index in [1.54, 1.807) is 0 Å². The van der Waals surface area contributed by atoms with Gasteiger partial charge in [-0.2, -0.15) is 17.9 Å². The average Bonchev–Trinajstić information content (AvgIpc) is 2.35. The lowest BCUT2D eigenvalue weighted by molar-refractivity contribution is 0.841. The highest BCUT2D eigenvalue weighted by Gasteiger charge is 2.06. The van der Waals surface area contributed by atoms with Gasteiger partial charge in [0, 0.05) is 24.5 Å². The van der Waals surface area contributed by atoms with E-state index in [2.05, 4.69) is 30.2 Å². The Hall–Kier alpha value is -1.40. The van der Waals surface area contributed by atoms with Crippen LogP contribution in [0.25, 0.3) is 0 Å². The summed E-state index contributed by atoms with van der Waals surface area (Å²) in [6.07, 6.45) is 0.523. The molecule has 0 aliphatic rings. The third kappa shape index (κ3) is 4.00. The molecule has 1 aromatic carbocycles. The van der Waals surface area contributed by atoms with Gasteiger partial charge in [0.15, 0.2) is 0 Å². The molecule has 0 saturated heterocycles. The zero-order valence-electron chi connectivity index (χ0n) is 9.26. The fraction of sp³-hybridized carbons (Fsp3) is 0.308. The van der Waals surface area contributed by atoms with Crippen molar-refractivity contribution >= 4 is 18.3 Å². The van der Waals surface area contributed by atoms with Crippen LogP contribution in [0.1, 0.15) is 6.42 Å². The Morgan fingerprint density at radius 2 is 2.06 bits per heavy atom. The normalized spacial score (nSPS) is 9.50. The predicted octanol–water partition coefficient (Wildman–Crippen LogP) is 2.89. The van der Waals surface area contributed by atoms with Gasteiger partial charge < -0.3 is 4.90 Å². The lowest BCUT2D eigenvalue weighted by atomic mass is 10.2. The second kappa shape index (κ2) is 6.97. The van der Waals surface area contributed by atoms with E-state index in [-0.39, 0.29) is 0 Å². The van der Waals surface area contributed by atoms with Gasteiger partial charge in [0.05, 0.1) is 12.5 Å². The van der Waals surface area contributed by atoms with Gasteiger partial charge in [0.25, 0.3) is 0 Å². The molecule has 0 aliphatic carbocycles. The van der Waals surface area contributed by atoms with Crippen LogP contribution >= 0.6 is 12.6 Å². The highest BCUT2D eigenvalue weighted by atomic mass is 32.1. The molecule has 0 atom stereocenters. The number of hydrogen-bond donors (Lipinski definition) is 1. The molecule has 1 rings (SSSR count). The van der Waals surface area contributed by atoms with E-state index in [0.717, 1.165) is 24.4 Å². The summed E-state index contributed by atoms with van der Waals surface area (Å²) in [7, 11) is 0. The van der Waals surface area contributed by atoms with Crippen molar-refractivity contribution in [3.8, 4) is 6.07 Å². The summed E-state index contributed by atoms with van der Waals surface area (Å²) in [5.41, 5.74) is 2.19. The summed E-state index contributed by atoms with van der Waals surface area (Å²) < 4.78 is 0. The molecule has 0 bridgehead atoms. The fourth-order valence-electron chi connectivity index (χ4n) is 1.44. The van der Waals surface area contributed by atoms with Crippen LogP contribution in [0.15, 0.2) is 42.5 Å². The van der Waals surface area contributed by atoms with E-state index in [1.165, 1.54) is 0 Å². The third-order valence-electron chi connectivity index (χ3n) is 2.25. The first-order chi connectivity index (χ1) is 7.77. The van der Waals surface area contributed by atoms with Crippen molar-refractivity contribution in [3.63, 3.8) is 0 Å². The van der Waals surface area contributed by atoms with Crippen LogP contribution in [-0.2, 0) is 0 Å². The molecule has 0 unspecified atom stereocenters. The minimum absolute atomic E-state index is 0.523. The summed E-state index contributed by atoms with van der Waals surface area (Å²) in [6.45, 7) is 5.43. The van der Waals surface area contributed by atoms with Gasteiger partial charge >= 0.3 is 0 Å². The molecule has 0 amide bonds. The monoisotopic (exact) mass is 232 g/mol. The maximum atomic E-state index is 8.64. The summed E-state index contributed by atoms with van der Waals surface area (Å²) in [6, 6.07) is 12.2. The Balaban J connectivity index is 2.71. The minimum atomic E-state index is 0.523. The van der Waals surface area contributed by atoms with E-state index in [9.17, 15) is 0 Å². The third-order valence-corrected chi connectivity index (χ3v) is 2.70. The van der Waals surface area contributed by atoms with Crippen molar-refractivity contribution in [1.29, 1.82) is 5.26 Å². The molecule has 0 aromatic heterocycles. The zero-order chi connectivity index (χ0) is 11.8. The number of rotatable bonds is 6. The van der Waals surface area contributed by atoms with E-state index in [0.29, 0.717) is 12.2 Å². The predicted molar refractivity (Wildman–Crippen MR) is 71.9 cm³/mol. The Bertz CT molecular complexity index is 367. The van der Waals surface area contributed by atoms with Crippen molar-refractivity contribution in [3.05, 3.63) is 42.5 Å². The van der Waals surface area contributed by atoms with Crippen LogP contribution in [0, 0.1) is 11.3 Å². The van der Waals surface area contributed by atoms with Gasteiger partial charge in [-0.3, -0.25) is 0 Å². The van der Waals surface area contributed by atoms with Gasteiger partial charge in [-0.1, -0.05) is 24.8 Å². The van der Waals surface area contributed by atoms with Crippen LogP contribution in [0.5, 0.6) is 0 Å². The molecular formula is C13H16N2S. The summed E-state index contributed by atoms with van der Waals surface area (Å²) in [5, 5.41) is 8.64. The first-order valence-electron chi connectivity index (χ1n) is 5.22. The molecule has 1 aromatic rings. The zero-order valence-corrected chi connectivity index (χ0v) is 10.2. The molecule has 0 fully saturated rings. The summed E-state index contributed by atoms with van der Waals surface area (Å²) >= 11 is 4.20. The molecular weight excluding hydrogens is 216 g/mol. The van der Waals surface area contributed by atoms with Crippen molar-refractivity contribution in [2.24, 2.45) is 0 Å².